The average Bonchev–Trinajstić information content (AvgIpc) is 2.17. The largest absolute Gasteiger partial charge is 0.299 e. The molecule has 1 rings (SSSR count). The van der Waals surface area contributed by atoms with Gasteiger partial charge in [-0.2, -0.15) is 0 Å². The van der Waals surface area contributed by atoms with Gasteiger partial charge in [0.2, 0.25) is 0 Å². The third-order valence-electron chi connectivity index (χ3n) is 1.76. The number of hydrogen-bond acceptors (Lipinski definition) is 1. The quantitative estimate of drug-likeness (QED) is 0.763. The summed E-state index contributed by atoms with van der Waals surface area (Å²) in [5, 5.41) is -0.293. The Balaban J connectivity index is 2.79. The number of alkyl halides is 2. The lowest BCUT2D eigenvalue weighted by atomic mass is 10.1. The molecule has 1 aromatic carbocycles. The topological polar surface area (TPSA) is 17.1 Å². The Morgan fingerprint density at radius 3 is 2.38 bits per heavy atom. The van der Waals surface area contributed by atoms with E-state index in [1.165, 1.54) is 6.92 Å². The molecular weight excluding hydrogens is 251 g/mol. The molecule has 0 spiro atoms. The van der Waals surface area contributed by atoms with Gasteiger partial charge in [0.25, 0.3) is 0 Å². The minimum atomic E-state index is -0.309. The highest BCUT2D eigenvalue weighted by Crippen LogP contribution is 2.29. The van der Waals surface area contributed by atoms with Crippen LogP contribution < -0.4 is 0 Å². The zero-order valence-corrected chi connectivity index (χ0v) is 9.55. The van der Waals surface area contributed by atoms with E-state index in [1.54, 1.807) is 0 Å². The van der Waals surface area contributed by atoms with Crippen molar-refractivity contribution in [1.82, 2.24) is 0 Å². The number of halogens is 2. The first-order valence-electron chi connectivity index (χ1n) is 3.96. The van der Waals surface area contributed by atoms with Gasteiger partial charge in [-0.15, -0.1) is 11.6 Å². The van der Waals surface area contributed by atoms with E-state index in [1.807, 2.05) is 30.3 Å². The van der Waals surface area contributed by atoms with Crippen LogP contribution in [0.5, 0.6) is 0 Å². The van der Waals surface area contributed by atoms with Crippen LogP contribution in [0.3, 0.4) is 0 Å². The van der Waals surface area contributed by atoms with E-state index in [2.05, 4.69) is 15.9 Å². The van der Waals surface area contributed by atoms with Crippen molar-refractivity contribution in [1.29, 1.82) is 0 Å². The molecule has 3 heteroatoms. The molecule has 0 saturated heterocycles. The molecule has 1 nitrogen and oxygen atoms in total. The van der Waals surface area contributed by atoms with E-state index in [4.69, 9.17) is 11.6 Å². The Bertz CT molecular complexity index is 286. The van der Waals surface area contributed by atoms with Gasteiger partial charge in [-0.25, -0.2) is 0 Å². The molecule has 0 amide bonds. The number of rotatable bonds is 3. The molecule has 2 atom stereocenters. The number of benzene rings is 1. The van der Waals surface area contributed by atoms with Crippen molar-refractivity contribution in [2.24, 2.45) is 0 Å². The molecule has 0 saturated carbocycles. The van der Waals surface area contributed by atoms with Crippen LogP contribution in [0.2, 0.25) is 0 Å². The number of ketones is 1. The normalized spacial score (nSPS) is 15.0. The molecular formula is C10H10BrClO. The average molecular weight is 262 g/mol. The van der Waals surface area contributed by atoms with Crippen LogP contribution in [0.4, 0.5) is 0 Å². The van der Waals surface area contributed by atoms with Crippen LogP contribution in [-0.2, 0) is 4.79 Å². The minimum Gasteiger partial charge on any atom is -0.299 e. The maximum Gasteiger partial charge on any atom is 0.145 e. The van der Waals surface area contributed by atoms with Crippen LogP contribution in [0, 0.1) is 0 Å². The Kier molecular flexibility index (Phi) is 3.94. The summed E-state index contributed by atoms with van der Waals surface area (Å²) < 4.78 is 0. The summed E-state index contributed by atoms with van der Waals surface area (Å²) in [6.07, 6.45) is 0. The van der Waals surface area contributed by atoms with Crippen LogP contribution in [0.25, 0.3) is 0 Å². The van der Waals surface area contributed by atoms with Crippen LogP contribution >= 0.6 is 27.5 Å². The van der Waals surface area contributed by atoms with E-state index in [-0.39, 0.29) is 16.0 Å². The molecule has 0 N–H and O–H groups in total. The van der Waals surface area contributed by atoms with Gasteiger partial charge >= 0.3 is 0 Å². The molecule has 13 heavy (non-hydrogen) atoms. The maximum atomic E-state index is 11.0. The maximum absolute atomic E-state index is 11.0. The van der Waals surface area contributed by atoms with Crippen molar-refractivity contribution in [2.45, 2.75) is 17.1 Å². The van der Waals surface area contributed by atoms with Crippen molar-refractivity contribution < 1.29 is 4.79 Å². The number of carbonyl (C=O) groups is 1. The van der Waals surface area contributed by atoms with Crippen molar-refractivity contribution in [3.8, 4) is 0 Å². The van der Waals surface area contributed by atoms with Gasteiger partial charge in [0.1, 0.15) is 5.78 Å². The van der Waals surface area contributed by atoms with Crippen LogP contribution in [-0.4, -0.2) is 10.6 Å². The molecule has 1 aromatic rings. The van der Waals surface area contributed by atoms with Crippen LogP contribution in [0.15, 0.2) is 30.3 Å². The van der Waals surface area contributed by atoms with Gasteiger partial charge in [-0.1, -0.05) is 46.3 Å². The molecule has 0 aliphatic heterocycles. The number of Topliss-reactive ketones (excluding diaryl/α,β-unsaturated/α-hetero) is 1. The van der Waals surface area contributed by atoms with Gasteiger partial charge in [0.15, 0.2) is 0 Å². The molecule has 0 fully saturated rings. The molecule has 70 valence electrons. The third-order valence-corrected chi connectivity index (χ3v) is 3.75. The Morgan fingerprint density at radius 1 is 1.38 bits per heavy atom. The first-order chi connectivity index (χ1) is 6.13. The fraction of sp³-hybridized carbons (Fsp3) is 0.300. The standard InChI is InChI=1S/C10H10BrClO/c1-7(13)9(11)10(12)8-5-3-2-4-6-8/h2-6,9-10H,1H3/t9-,10-/m0/s1. The van der Waals surface area contributed by atoms with Crippen LogP contribution in [0.1, 0.15) is 17.9 Å². The summed E-state index contributed by atoms with van der Waals surface area (Å²) >= 11 is 9.35. The second-order valence-corrected chi connectivity index (χ2v) is 4.28. The summed E-state index contributed by atoms with van der Waals surface area (Å²) in [6.45, 7) is 1.53. The molecule has 0 unspecified atom stereocenters. The SMILES string of the molecule is CC(=O)[C@H](Br)[C@@H](Cl)c1ccccc1. The molecule has 0 heterocycles. The zero-order chi connectivity index (χ0) is 9.84. The molecule has 0 aliphatic rings. The lowest BCUT2D eigenvalue weighted by Gasteiger charge is -2.13. The molecule has 0 bridgehead atoms. The van der Waals surface area contributed by atoms with E-state index < -0.39 is 0 Å². The second kappa shape index (κ2) is 4.77. The van der Waals surface area contributed by atoms with E-state index >= 15 is 0 Å². The number of carbonyl (C=O) groups excluding carboxylic acids is 1. The highest BCUT2D eigenvalue weighted by atomic mass is 79.9. The third kappa shape index (κ3) is 2.82. The van der Waals surface area contributed by atoms with E-state index in [0.717, 1.165) is 5.56 Å². The Labute approximate surface area is 91.2 Å². The van der Waals surface area contributed by atoms with Gasteiger partial charge in [-0.05, 0) is 12.5 Å². The summed E-state index contributed by atoms with van der Waals surface area (Å²) in [5.41, 5.74) is 0.959. The lowest BCUT2D eigenvalue weighted by molar-refractivity contribution is -0.116. The molecule has 0 radical (unpaired) electrons. The molecule has 0 aromatic heterocycles. The van der Waals surface area contributed by atoms with Gasteiger partial charge in [0.05, 0.1) is 10.2 Å². The minimum absolute atomic E-state index is 0.0452. The summed E-state index contributed by atoms with van der Waals surface area (Å²) in [6, 6.07) is 9.56. The lowest BCUT2D eigenvalue weighted by Crippen LogP contribution is -2.15. The zero-order valence-electron chi connectivity index (χ0n) is 7.21. The fourth-order valence-electron chi connectivity index (χ4n) is 1.01. The van der Waals surface area contributed by atoms with Crippen molar-refractivity contribution in [3.05, 3.63) is 35.9 Å². The van der Waals surface area contributed by atoms with Gasteiger partial charge in [0, 0.05) is 0 Å². The monoisotopic (exact) mass is 260 g/mol. The van der Waals surface area contributed by atoms with Crippen molar-refractivity contribution in [3.63, 3.8) is 0 Å². The fourth-order valence-corrected chi connectivity index (χ4v) is 1.64. The van der Waals surface area contributed by atoms with E-state index in [9.17, 15) is 4.79 Å². The predicted octanol–water partition coefficient (Wildman–Crippen LogP) is 3.32. The van der Waals surface area contributed by atoms with E-state index in [0.29, 0.717) is 0 Å². The summed E-state index contributed by atoms with van der Waals surface area (Å²) in [4.78, 5) is 10.7. The van der Waals surface area contributed by atoms with Crippen molar-refractivity contribution in [2.75, 3.05) is 0 Å². The summed E-state index contributed by atoms with van der Waals surface area (Å²) in [7, 11) is 0. The predicted molar refractivity (Wildman–Crippen MR) is 58.4 cm³/mol. The smallest absolute Gasteiger partial charge is 0.145 e. The Morgan fingerprint density at radius 2 is 1.92 bits per heavy atom. The number of hydrogen-bond donors (Lipinski definition) is 0. The Hall–Kier alpha value is -0.340. The van der Waals surface area contributed by atoms with Gasteiger partial charge in [-0.3, -0.25) is 4.79 Å². The first-order valence-corrected chi connectivity index (χ1v) is 5.31. The highest BCUT2D eigenvalue weighted by Gasteiger charge is 2.21. The molecule has 0 aliphatic carbocycles. The first kappa shape index (κ1) is 10.7. The highest BCUT2D eigenvalue weighted by molar-refractivity contribution is 9.10. The second-order valence-electron chi connectivity index (χ2n) is 2.82. The summed E-state index contributed by atoms with van der Waals surface area (Å²) in [5.74, 6) is 0.0452. The van der Waals surface area contributed by atoms with Gasteiger partial charge < -0.3 is 0 Å². The van der Waals surface area contributed by atoms with Crippen molar-refractivity contribution >= 4 is 33.3 Å².